The molecule has 2 rings (SSSR count). The summed E-state index contributed by atoms with van der Waals surface area (Å²) in [5.41, 5.74) is 2.48. The molecule has 0 spiro atoms. The van der Waals surface area contributed by atoms with Crippen molar-refractivity contribution >= 4 is 5.57 Å². The zero-order valence-corrected chi connectivity index (χ0v) is 12.3. The first-order chi connectivity index (χ1) is 10.1. The minimum atomic E-state index is -0.770. The predicted octanol–water partition coefficient (Wildman–Crippen LogP) is 3.50. The summed E-state index contributed by atoms with van der Waals surface area (Å²) in [5, 5.41) is 10.6. The Hall–Kier alpha value is -1.97. The molecule has 0 aliphatic heterocycles. The fraction of sp³-hybridized carbons (Fsp3) is 0.222. The van der Waals surface area contributed by atoms with Gasteiger partial charge in [0.2, 0.25) is 0 Å². The first-order valence-corrected chi connectivity index (χ1v) is 6.91. The van der Waals surface area contributed by atoms with Crippen LogP contribution < -0.4 is 0 Å². The predicted molar refractivity (Wildman–Crippen MR) is 84.3 cm³/mol. The van der Waals surface area contributed by atoms with Gasteiger partial charge in [0.25, 0.3) is 0 Å². The average Bonchev–Trinajstić information content (AvgIpc) is 2.49. The van der Waals surface area contributed by atoms with Crippen molar-refractivity contribution in [3.8, 4) is 0 Å². The van der Waals surface area contributed by atoms with Crippen molar-refractivity contribution in [2.75, 3.05) is 20.6 Å². The lowest BCUT2D eigenvalue weighted by Crippen LogP contribution is -2.12. The summed E-state index contributed by atoms with van der Waals surface area (Å²) in [7, 11) is 3.95. The number of halogens is 1. The summed E-state index contributed by atoms with van der Waals surface area (Å²) >= 11 is 0. The SMILES string of the molecule is CN(C)CC=C(c1ccccc1)C(O)c1ccc(F)cc1. The third-order valence-corrected chi connectivity index (χ3v) is 3.26. The maximum Gasteiger partial charge on any atom is 0.123 e. The smallest absolute Gasteiger partial charge is 0.123 e. The van der Waals surface area contributed by atoms with Crippen LogP contribution in [0.15, 0.2) is 60.7 Å². The van der Waals surface area contributed by atoms with E-state index in [1.54, 1.807) is 12.1 Å². The molecule has 2 aromatic carbocycles. The Balaban J connectivity index is 2.35. The second kappa shape index (κ2) is 7.16. The maximum atomic E-state index is 13.0. The number of aliphatic hydroxyl groups is 1. The van der Waals surface area contributed by atoms with Crippen LogP contribution in [0.3, 0.4) is 0 Å². The molecule has 0 aliphatic carbocycles. The standard InChI is InChI=1S/C18H20FNO/c1-20(2)13-12-17(14-6-4-3-5-7-14)18(21)15-8-10-16(19)11-9-15/h3-12,18,21H,13H2,1-2H3. The van der Waals surface area contributed by atoms with Gasteiger partial charge in [-0.25, -0.2) is 4.39 Å². The van der Waals surface area contributed by atoms with Gasteiger partial charge < -0.3 is 10.0 Å². The van der Waals surface area contributed by atoms with Crippen molar-refractivity contribution < 1.29 is 9.50 Å². The van der Waals surface area contributed by atoms with Crippen LogP contribution >= 0.6 is 0 Å². The van der Waals surface area contributed by atoms with Crippen molar-refractivity contribution in [1.82, 2.24) is 4.90 Å². The molecule has 1 atom stereocenters. The highest BCUT2D eigenvalue weighted by Crippen LogP contribution is 2.29. The molecule has 0 saturated carbocycles. The fourth-order valence-corrected chi connectivity index (χ4v) is 2.12. The van der Waals surface area contributed by atoms with E-state index in [9.17, 15) is 9.50 Å². The lowest BCUT2D eigenvalue weighted by molar-refractivity contribution is 0.237. The fourth-order valence-electron chi connectivity index (χ4n) is 2.12. The van der Waals surface area contributed by atoms with Gasteiger partial charge in [0.1, 0.15) is 11.9 Å². The van der Waals surface area contributed by atoms with Gasteiger partial charge in [-0.3, -0.25) is 0 Å². The van der Waals surface area contributed by atoms with E-state index in [1.807, 2.05) is 55.4 Å². The van der Waals surface area contributed by atoms with Gasteiger partial charge >= 0.3 is 0 Å². The summed E-state index contributed by atoms with van der Waals surface area (Å²) < 4.78 is 13.0. The summed E-state index contributed by atoms with van der Waals surface area (Å²) in [6.45, 7) is 0.725. The minimum absolute atomic E-state index is 0.301. The lowest BCUT2D eigenvalue weighted by Gasteiger charge is -2.17. The molecule has 0 saturated heterocycles. The molecule has 0 amide bonds. The normalized spacial score (nSPS) is 13.5. The second-order valence-corrected chi connectivity index (χ2v) is 5.24. The number of hydrogen-bond donors (Lipinski definition) is 1. The molecule has 0 aromatic heterocycles. The quantitative estimate of drug-likeness (QED) is 0.909. The molecule has 0 heterocycles. The van der Waals surface area contributed by atoms with Crippen LogP contribution in [0, 0.1) is 5.82 Å². The van der Waals surface area contributed by atoms with Crippen molar-refractivity contribution in [2.45, 2.75) is 6.10 Å². The molecule has 110 valence electrons. The first kappa shape index (κ1) is 15.4. The topological polar surface area (TPSA) is 23.5 Å². The van der Waals surface area contributed by atoms with Crippen LogP contribution in [0.5, 0.6) is 0 Å². The Labute approximate surface area is 125 Å². The van der Waals surface area contributed by atoms with Crippen LogP contribution in [-0.2, 0) is 0 Å². The van der Waals surface area contributed by atoms with Crippen molar-refractivity contribution in [2.24, 2.45) is 0 Å². The van der Waals surface area contributed by atoms with Gasteiger partial charge in [-0.2, -0.15) is 0 Å². The van der Waals surface area contributed by atoms with Gasteiger partial charge in [0.05, 0.1) is 0 Å². The highest BCUT2D eigenvalue weighted by Gasteiger charge is 2.15. The minimum Gasteiger partial charge on any atom is -0.384 e. The van der Waals surface area contributed by atoms with Crippen LogP contribution in [0.4, 0.5) is 4.39 Å². The number of hydrogen-bond acceptors (Lipinski definition) is 2. The third kappa shape index (κ3) is 4.25. The molecule has 21 heavy (non-hydrogen) atoms. The molecular formula is C18H20FNO. The highest BCUT2D eigenvalue weighted by atomic mass is 19.1. The van der Waals surface area contributed by atoms with E-state index in [2.05, 4.69) is 0 Å². The summed E-state index contributed by atoms with van der Waals surface area (Å²) in [4.78, 5) is 2.03. The van der Waals surface area contributed by atoms with Gasteiger partial charge in [0.15, 0.2) is 0 Å². The Morgan fingerprint density at radius 2 is 1.71 bits per heavy atom. The van der Waals surface area contributed by atoms with Gasteiger partial charge in [-0.1, -0.05) is 48.5 Å². The van der Waals surface area contributed by atoms with Crippen molar-refractivity contribution in [3.63, 3.8) is 0 Å². The zero-order chi connectivity index (χ0) is 15.2. The Bertz CT molecular complexity index is 590. The lowest BCUT2D eigenvalue weighted by atomic mass is 9.95. The van der Waals surface area contributed by atoms with E-state index >= 15 is 0 Å². The number of likely N-dealkylation sites (N-methyl/N-ethyl adjacent to an activating group) is 1. The number of nitrogens with zero attached hydrogens (tertiary/aromatic N) is 1. The van der Waals surface area contributed by atoms with E-state index in [0.29, 0.717) is 5.56 Å². The van der Waals surface area contributed by atoms with Crippen molar-refractivity contribution in [1.29, 1.82) is 0 Å². The van der Waals surface area contributed by atoms with Crippen LogP contribution in [0.1, 0.15) is 17.2 Å². The van der Waals surface area contributed by atoms with Crippen LogP contribution in [0.25, 0.3) is 5.57 Å². The largest absolute Gasteiger partial charge is 0.384 e. The van der Waals surface area contributed by atoms with Gasteiger partial charge in [0, 0.05) is 6.54 Å². The highest BCUT2D eigenvalue weighted by molar-refractivity contribution is 5.70. The molecule has 0 bridgehead atoms. The molecule has 2 aromatic rings. The van der Waals surface area contributed by atoms with Gasteiger partial charge in [-0.05, 0) is 42.9 Å². The Morgan fingerprint density at radius 3 is 2.29 bits per heavy atom. The number of benzene rings is 2. The summed E-state index contributed by atoms with van der Waals surface area (Å²) in [6.07, 6.45) is 1.23. The van der Waals surface area contributed by atoms with Crippen LogP contribution in [0.2, 0.25) is 0 Å². The van der Waals surface area contributed by atoms with E-state index in [1.165, 1.54) is 12.1 Å². The maximum absolute atomic E-state index is 13.0. The molecule has 0 radical (unpaired) electrons. The molecule has 0 fully saturated rings. The molecule has 1 unspecified atom stereocenters. The monoisotopic (exact) mass is 285 g/mol. The molecular weight excluding hydrogens is 265 g/mol. The average molecular weight is 285 g/mol. The van der Waals surface area contributed by atoms with Gasteiger partial charge in [-0.15, -0.1) is 0 Å². The Kier molecular flexibility index (Phi) is 5.26. The molecule has 0 aliphatic rings. The molecule has 2 nitrogen and oxygen atoms in total. The van der Waals surface area contributed by atoms with Crippen LogP contribution in [-0.4, -0.2) is 30.6 Å². The van der Waals surface area contributed by atoms with E-state index in [-0.39, 0.29) is 5.82 Å². The number of aliphatic hydroxyl groups excluding tert-OH is 1. The summed E-state index contributed by atoms with van der Waals surface area (Å²) in [6, 6.07) is 15.7. The summed E-state index contributed by atoms with van der Waals surface area (Å²) in [5.74, 6) is -0.301. The van der Waals surface area contributed by atoms with Crippen molar-refractivity contribution in [3.05, 3.63) is 77.6 Å². The first-order valence-electron chi connectivity index (χ1n) is 6.91. The molecule has 1 N–H and O–H groups in total. The van der Waals surface area contributed by atoms with E-state index in [0.717, 1.165) is 17.7 Å². The van der Waals surface area contributed by atoms with E-state index in [4.69, 9.17) is 0 Å². The second-order valence-electron chi connectivity index (χ2n) is 5.24. The zero-order valence-electron chi connectivity index (χ0n) is 12.3. The number of rotatable bonds is 5. The Morgan fingerprint density at radius 1 is 1.10 bits per heavy atom. The third-order valence-electron chi connectivity index (χ3n) is 3.26. The van der Waals surface area contributed by atoms with E-state index < -0.39 is 6.10 Å². The molecule has 3 heteroatoms.